The van der Waals surface area contributed by atoms with Gasteiger partial charge < -0.3 is 13.6 Å². The van der Waals surface area contributed by atoms with Crippen molar-refractivity contribution in [3.63, 3.8) is 0 Å². The summed E-state index contributed by atoms with van der Waals surface area (Å²) in [6.45, 7) is 0.0535. The van der Waals surface area contributed by atoms with Crippen molar-refractivity contribution in [3.8, 4) is 0 Å². The first-order valence-corrected chi connectivity index (χ1v) is 15.0. The van der Waals surface area contributed by atoms with Crippen LogP contribution in [0.15, 0.2) is 83.8 Å². The van der Waals surface area contributed by atoms with Gasteiger partial charge in [0.25, 0.3) is 10.1 Å². The number of benzene rings is 3. The van der Waals surface area contributed by atoms with E-state index in [1.165, 1.54) is 11.8 Å². The van der Waals surface area contributed by atoms with Gasteiger partial charge >= 0.3 is 0 Å². The van der Waals surface area contributed by atoms with E-state index in [-0.39, 0.29) is 12.4 Å². The first-order valence-electron chi connectivity index (χ1n) is 11.4. The lowest BCUT2D eigenvalue weighted by Crippen LogP contribution is -2.18. The molecule has 0 amide bonds. The Balaban J connectivity index is 1.79. The lowest BCUT2D eigenvalue weighted by molar-refractivity contribution is 0.296. The summed E-state index contributed by atoms with van der Waals surface area (Å²) in [5, 5.41) is 0. The Morgan fingerprint density at radius 3 is 2.08 bits per heavy atom. The molecule has 0 aromatic heterocycles. The fourth-order valence-corrected chi connectivity index (χ4v) is 6.39. The molecule has 1 N–H and O–H groups in total. The number of para-hydroxylation sites is 3. The molecule has 3 aromatic carbocycles. The minimum atomic E-state index is -4.04. The van der Waals surface area contributed by atoms with E-state index in [9.17, 15) is 17.2 Å². The highest BCUT2D eigenvalue weighted by molar-refractivity contribution is 8.03. The number of rotatable bonds is 11. The first kappa shape index (κ1) is 26.6. The fraction of sp³-hybridized carbons (Fsp3) is 0.231. The molecule has 0 spiro atoms. The van der Waals surface area contributed by atoms with E-state index >= 15 is 0 Å². The minimum absolute atomic E-state index is 0.0535. The third kappa shape index (κ3) is 6.64. The van der Waals surface area contributed by atoms with Crippen molar-refractivity contribution in [2.45, 2.75) is 19.3 Å². The maximum atomic E-state index is 11.2. The molecule has 0 radical (unpaired) electrons. The number of nitrogens with zero attached hydrogens (tertiary/aromatic N) is 1. The molecule has 0 saturated heterocycles. The number of allylic oxidation sites excluding steroid dienone is 1. The molecule has 36 heavy (non-hydrogen) atoms. The van der Waals surface area contributed by atoms with Crippen LogP contribution >= 0.6 is 11.8 Å². The average molecular weight is 545 g/mol. The summed E-state index contributed by atoms with van der Waals surface area (Å²) in [6.07, 6.45) is 1.32. The summed E-state index contributed by atoms with van der Waals surface area (Å²) >= 11 is -1.05. The summed E-state index contributed by atoms with van der Waals surface area (Å²) in [5.41, 5.74) is 6.17. The van der Waals surface area contributed by atoms with E-state index in [1.807, 2.05) is 42.5 Å². The van der Waals surface area contributed by atoms with Crippen LogP contribution in [-0.4, -0.2) is 39.8 Å². The average Bonchev–Trinajstić information content (AvgIpc) is 2.86. The first-order chi connectivity index (χ1) is 17.3. The molecular weight excluding hydrogens is 518 g/mol. The van der Waals surface area contributed by atoms with Crippen molar-refractivity contribution in [1.29, 1.82) is 0 Å². The van der Waals surface area contributed by atoms with E-state index < -0.39 is 21.5 Å². The lowest BCUT2D eigenvalue weighted by atomic mass is 9.88. The van der Waals surface area contributed by atoms with Crippen molar-refractivity contribution < 1.29 is 25.9 Å². The van der Waals surface area contributed by atoms with Crippen molar-refractivity contribution in [3.05, 3.63) is 94.9 Å². The molecular formula is C26H26NO6S3-. The third-order valence-electron chi connectivity index (χ3n) is 5.67. The van der Waals surface area contributed by atoms with Crippen LogP contribution in [0, 0.1) is 0 Å². The highest BCUT2D eigenvalue weighted by Crippen LogP contribution is 2.51. The van der Waals surface area contributed by atoms with Crippen LogP contribution in [-0.2, 0) is 25.7 Å². The largest absolute Gasteiger partial charge is 0.750 e. The third-order valence-corrected chi connectivity index (χ3v) is 8.09. The Kier molecular flexibility index (Phi) is 9.00. The maximum absolute atomic E-state index is 11.2. The molecule has 10 heteroatoms. The van der Waals surface area contributed by atoms with Crippen molar-refractivity contribution in [1.82, 2.24) is 0 Å². The standard InChI is InChI=1S/C26H27NO6S3/c28-35(29)33-17-8-16-25(34-18-9-19-36(30,31)32)26-21-12-4-6-14-23(21)27(20-10-2-1-3-11-20)24-15-7-5-13-22(24)26/h1-7,10-15H,8-9,16-19H2,(H,28,29)(H,30,31,32)/p-1. The number of hydrogen-bond acceptors (Lipinski definition) is 7. The number of thioether (sulfide) groups is 1. The molecule has 7 nitrogen and oxygen atoms in total. The molecule has 0 saturated carbocycles. The second-order valence-electron chi connectivity index (χ2n) is 8.12. The Hall–Kier alpha value is -2.47. The molecule has 0 aliphatic carbocycles. The molecule has 0 bridgehead atoms. The van der Waals surface area contributed by atoms with Crippen molar-refractivity contribution in [2.24, 2.45) is 0 Å². The Morgan fingerprint density at radius 1 is 0.917 bits per heavy atom. The zero-order valence-corrected chi connectivity index (χ0v) is 21.9. The van der Waals surface area contributed by atoms with Crippen LogP contribution in [0.4, 0.5) is 17.1 Å². The normalized spacial score (nSPS) is 13.7. The monoisotopic (exact) mass is 544 g/mol. The summed E-state index contributed by atoms with van der Waals surface area (Å²) in [7, 11) is -4.04. The highest BCUT2D eigenvalue weighted by Gasteiger charge is 2.29. The van der Waals surface area contributed by atoms with Gasteiger partial charge in [0.05, 0.1) is 35.1 Å². The number of fused-ring (bicyclic) bond motifs is 2. The molecule has 4 rings (SSSR count). The summed E-state index contributed by atoms with van der Waals surface area (Å²) < 4.78 is 57.9. The van der Waals surface area contributed by atoms with Gasteiger partial charge in [-0.15, -0.1) is 11.8 Å². The topological polar surface area (TPSA) is 107 Å². The van der Waals surface area contributed by atoms with Gasteiger partial charge in [0.2, 0.25) is 0 Å². The van der Waals surface area contributed by atoms with Crippen LogP contribution in [0.1, 0.15) is 30.4 Å². The molecule has 1 heterocycles. The smallest absolute Gasteiger partial charge is 0.264 e. The molecule has 3 aromatic rings. The minimum Gasteiger partial charge on any atom is -0.750 e. The highest BCUT2D eigenvalue weighted by atomic mass is 32.2. The Bertz CT molecular complexity index is 1310. The van der Waals surface area contributed by atoms with Gasteiger partial charge in [-0.3, -0.25) is 4.55 Å². The zero-order chi connectivity index (χ0) is 25.5. The van der Waals surface area contributed by atoms with Crippen LogP contribution in [0.5, 0.6) is 0 Å². The lowest BCUT2D eigenvalue weighted by Gasteiger charge is -2.35. The van der Waals surface area contributed by atoms with E-state index in [2.05, 4.69) is 41.3 Å². The van der Waals surface area contributed by atoms with Crippen LogP contribution in [0.2, 0.25) is 0 Å². The summed E-state index contributed by atoms with van der Waals surface area (Å²) in [5.74, 6) is 0.176. The van der Waals surface area contributed by atoms with Gasteiger partial charge in [0.15, 0.2) is 0 Å². The van der Waals surface area contributed by atoms with E-state index in [0.717, 1.165) is 38.7 Å². The van der Waals surface area contributed by atoms with Gasteiger partial charge in [0, 0.05) is 22.4 Å². The Labute approximate surface area is 218 Å². The second-order valence-corrected chi connectivity index (χ2v) is 11.5. The predicted molar refractivity (Wildman–Crippen MR) is 145 cm³/mol. The van der Waals surface area contributed by atoms with Gasteiger partial charge in [-0.25, -0.2) is 4.21 Å². The fourth-order valence-electron chi connectivity index (χ4n) is 4.26. The number of anilines is 3. The van der Waals surface area contributed by atoms with Gasteiger partial charge in [-0.2, -0.15) is 8.42 Å². The second kappa shape index (κ2) is 12.2. The van der Waals surface area contributed by atoms with Gasteiger partial charge in [0.1, 0.15) is 0 Å². The van der Waals surface area contributed by atoms with Crippen molar-refractivity contribution >= 4 is 55.9 Å². The SMILES string of the molecule is O=S([O-])OCCCC(SCCCS(=O)(=O)O)=C1c2ccccc2N(c2ccccc2)c2ccccc21. The molecule has 1 atom stereocenters. The molecule has 0 fully saturated rings. The van der Waals surface area contributed by atoms with Gasteiger partial charge in [-0.1, -0.05) is 54.6 Å². The molecule has 1 unspecified atom stereocenters. The van der Waals surface area contributed by atoms with E-state index in [1.54, 1.807) is 0 Å². The van der Waals surface area contributed by atoms with E-state index in [4.69, 9.17) is 8.74 Å². The number of hydrogen-bond donors (Lipinski definition) is 1. The van der Waals surface area contributed by atoms with E-state index in [0.29, 0.717) is 25.0 Å². The molecule has 190 valence electrons. The van der Waals surface area contributed by atoms with Gasteiger partial charge in [-0.05, 0) is 54.2 Å². The van der Waals surface area contributed by atoms with Crippen LogP contribution in [0.3, 0.4) is 0 Å². The molecule has 1 aliphatic heterocycles. The van der Waals surface area contributed by atoms with Crippen molar-refractivity contribution in [2.75, 3.05) is 23.0 Å². The summed E-state index contributed by atoms with van der Waals surface area (Å²) in [4.78, 5) is 3.23. The molecule has 1 aliphatic rings. The Morgan fingerprint density at radius 2 is 1.50 bits per heavy atom. The summed E-state index contributed by atoms with van der Waals surface area (Å²) in [6, 6.07) is 26.4. The quantitative estimate of drug-likeness (QED) is 0.143. The van der Waals surface area contributed by atoms with Crippen LogP contribution in [0.25, 0.3) is 5.57 Å². The zero-order valence-electron chi connectivity index (χ0n) is 19.4. The predicted octanol–water partition coefficient (Wildman–Crippen LogP) is 5.83. The maximum Gasteiger partial charge on any atom is 0.264 e. The van der Waals surface area contributed by atoms with Crippen LogP contribution < -0.4 is 4.90 Å².